The number of nitrogens with zero attached hydrogens (tertiary/aromatic N) is 4. The second-order valence-electron chi connectivity index (χ2n) is 15.0. The number of carbonyl (C=O) groups excluding carboxylic acids is 4. The van der Waals surface area contributed by atoms with E-state index in [0.29, 0.717) is 47.2 Å². The van der Waals surface area contributed by atoms with Crippen molar-refractivity contribution >= 4 is 58.6 Å². The van der Waals surface area contributed by atoms with Crippen molar-refractivity contribution in [3.05, 3.63) is 57.1 Å². The monoisotopic (exact) mass is 793 g/mol. The summed E-state index contributed by atoms with van der Waals surface area (Å²) in [6.07, 6.45) is -0.939. The minimum Gasteiger partial charge on any atom is -0.476 e. The van der Waals surface area contributed by atoms with Crippen molar-refractivity contribution < 1.29 is 42.6 Å². The van der Waals surface area contributed by atoms with Gasteiger partial charge in [0.25, 0.3) is 17.7 Å². The minimum absolute atomic E-state index is 0.0596. The molecule has 294 valence electrons. The number of alkyl halides is 2. The lowest BCUT2D eigenvalue weighted by Gasteiger charge is -2.45. The Morgan fingerprint density at radius 1 is 1.04 bits per heavy atom. The van der Waals surface area contributed by atoms with Crippen molar-refractivity contribution in [2.45, 2.75) is 109 Å². The average molecular weight is 795 g/mol. The number of amides is 5. The van der Waals surface area contributed by atoms with Gasteiger partial charge in [0.1, 0.15) is 5.75 Å². The Morgan fingerprint density at radius 3 is 2.33 bits per heavy atom. The van der Waals surface area contributed by atoms with Crippen LogP contribution >= 0.6 is 23.2 Å². The van der Waals surface area contributed by atoms with E-state index < -0.39 is 36.0 Å². The Labute approximate surface area is 323 Å². The van der Waals surface area contributed by atoms with Crippen LogP contribution in [0.5, 0.6) is 5.75 Å². The number of nitrogens with one attached hydrogen (secondary N) is 1. The van der Waals surface area contributed by atoms with Crippen LogP contribution < -0.4 is 15.0 Å². The van der Waals surface area contributed by atoms with E-state index >= 15 is 0 Å². The highest BCUT2D eigenvalue weighted by Gasteiger charge is 2.43. The van der Waals surface area contributed by atoms with E-state index in [1.807, 2.05) is 18.7 Å². The molecule has 0 aromatic heterocycles. The standard InChI is InChI=1S/C38H47Cl2F2N5O7/c1-21(2)47(35(50)27-19-30-31(16-22(27)3)54-38(4,5)36(51)45(30)15-13-43-34(49)33(41)42)26-10-9-25(46(20-26)37(52)53)12-14-44(24-7-8-24)32(48)18-23-6-11-28(39)29(40)17-23/h6,11,16-17,19,21,24-26,33H,7-10,12-15,18,20H2,1-5H3,(H,43,49)(H,52,53)/t25-,26-/m1/s1. The lowest BCUT2D eigenvalue weighted by Crippen LogP contribution is -2.57. The fraction of sp³-hybridized carbons (Fsp3) is 0.553. The van der Waals surface area contributed by atoms with Crippen molar-refractivity contribution in [3.8, 4) is 5.75 Å². The van der Waals surface area contributed by atoms with Crippen LogP contribution in [0.15, 0.2) is 30.3 Å². The number of aryl methyl sites for hydroxylation is 1. The maximum absolute atomic E-state index is 14.4. The van der Waals surface area contributed by atoms with Gasteiger partial charge in [-0.3, -0.25) is 19.2 Å². The topological polar surface area (TPSA) is 140 Å². The third kappa shape index (κ3) is 9.19. The number of halogens is 4. The van der Waals surface area contributed by atoms with E-state index in [9.17, 15) is 37.9 Å². The van der Waals surface area contributed by atoms with Gasteiger partial charge in [-0.1, -0.05) is 29.3 Å². The molecule has 5 amide bonds. The molecule has 3 aliphatic rings. The SMILES string of the molecule is Cc1cc2c(cc1C(=O)N(C(C)C)[C@@H]1CC[C@H](CCN(C(=O)Cc3ccc(Cl)c(Cl)c3)C3CC3)N(C(=O)O)C1)N(CCNC(=O)C(F)F)C(=O)C(C)(C)O2. The van der Waals surface area contributed by atoms with Gasteiger partial charge in [-0.05, 0) is 102 Å². The molecule has 1 saturated carbocycles. The molecule has 0 spiro atoms. The molecule has 2 atom stereocenters. The Balaban J connectivity index is 1.31. The second-order valence-corrected chi connectivity index (χ2v) is 15.8. The smallest absolute Gasteiger partial charge is 0.407 e. The zero-order valence-corrected chi connectivity index (χ0v) is 32.6. The summed E-state index contributed by atoms with van der Waals surface area (Å²) in [4.78, 5) is 71.6. The lowest BCUT2D eigenvalue weighted by molar-refractivity contribution is -0.133. The summed E-state index contributed by atoms with van der Waals surface area (Å²) in [6.45, 7) is 8.65. The molecule has 1 saturated heterocycles. The van der Waals surface area contributed by atoms with E-state index in [2.05, 4.69) is 5.32 Å². The molecular formula is C38H47Cl2F2N5O7. The van der Waals surface area contributed by atoms with Gasteiger partial charge in [-0.2, -0.15) is 8.78 Å². The summed E-state index contributed by atoms with van der Waals surface area (Å²) in [6, 6.07) is 7.24. The molecule has 12 nitrogen and oxygen atoms in total. The van der Waals surface area contributed by atoms with Gasteiger partial charge in [0.05, 0.1) is 28.2 Å². The number of hydrogen-bond acceptors (Lipinski definition) is 6. The first-order valence-electron chi connectivity index (χ1n) is 18.2. The average Bonchev–Trinajstić information content (AvgIpc) is 3.93. The molecule has 16 heteroatoms. The van der Waals surface area contributed by atoms with Gasteiger partial charge in [0, 0.05) is 49.9 Å². The number of rotatable bonds is 13. The number of fused-ring (bicyclic) bond motifs is 1. The number of hydrogen-bond donors (Lipinski definition) is 2. The fourth-order valence-electron chi connectivity index (χ4n) is 7.38. The molecule has 2 N–H and O–H groups in total. The first kappa shape index (κ1) is 41.0. The van der Waals surface area contributed by atoms with Gasteiger partial charge >= 0.3 is 12.5 Å². The predicted octanol–water partition coefficient (Wildman–Crippen LogP) is 6.17. The molecule has 0 bridgehead atoms. The molecule has 2 fully saturated rings. The van der Waals surface area contributed by atoms with Crippen molar-refractivity contribution in [1.29, 1.82) is 0 Å². The first-order valence-corrected chi connectivity index (χ1v) is 18.9. The molecule has 0 unspecified atom stereocenters. The molecule has 2 aromatic carbocycles. The van der Waals surface area contributed by atoms with Crippen LogP contribution in [-0.2, 0) is 20.8 Å². The van der Waals surface area contributed by atoms with Crippen LogP contribution in [0.25, 0.3) is 0 Å². The number of anilines is 1. The lowest BCUT2D eigenvalue weighted by atomic mass is 9.93. The third-order valence-electron chi connectivity index (χ3n) is 10.2. The maximum Gasteiger partial charge on any atom is 0.407 e. The summed E-state index contributed by atoms with van der Waals surface area (Å²) < 4.78 is 31.6. The normalized spacial score (nSPS) is 19.4. The zero-order valence-electron chi connectivity index (χ0n) is 31.0. The van der Waals surface area contributed by atoms with Crippen LogP contribution in [-0.4, -0.2) is 112 Å². The maximum atomic E-state index is 14.4. The van der Waals surface area contributed by atoms with Crippen LogP contribution in [0.1, 0.15) is 81.3 Å². The number of piperidine rings is 1. The predicted molar refractivity (Wildman–Crippen MR) is 200 cm³/mol. The molecule has 2 heterocycles. The molecular weight excluding hydrogens is 747 g/mol. The molecule has 2 aliphatic heterocycles. The Morgan fingerprint density at radius 2 is 1.72 bits per heavy atom. The third-order valence-corrected chi connectivity index (χ3v) is 11.0. The molecule has 0 radical (unpaired) electrons. The van der Waals surface area contributed by atoms with Crippen molar-refractivity contribution in [2.24, 2.45) is 0 Å². The van der Waals surface area contributed by atoms with Gasteiger partial charge in [-0.15, -0.1) is 0 Å². The summed E-state index contributed by atoms with van der Waals surface area (Å²) in [5.41, 5.74) is 0.538. The van der Waals surface area contributed by atoms with E-state index in [-0.39, 0.29) is 67.2 Å². The zero-order chi connectivity index (χ0) is 39.6. The van der Waals surface area contributed by atoms with Crippen LogP contribution in [0.3, 0.4) is 0 Å². The van der Waals surface area contributed by atoms with Gasteiger partial charge in [-0.25, -0.2) is 4.79 Å². The number of likely N-dealkylation sites (tertiary alicyclic amines) is 1. The summed E-state index contributed by atoms with van der Waals surface area (Å²) in [5.74, 6) is -2.04. The summed E-state index contributed by atoms with van der Waals surface area (Å²) in [5, 5.41) is 13.2. The Kier molecular flexibility index (Phi) is 12.7. The number of benzene rings is 2. The highest BCUT2D eigenvalue weighted by Crippen LogP contribution is 2.40. The highest BCUT2D eigenvalue weighted by atomic mass is 35.5. The van der Waals surface area contributed by atoms with Gasteiger partial charge < -0.3 is 34.8 Å². The summed E-state index contributed by atoms with van der Waals surface area (Å²) in [7, 11) is 0. The van der Waals surface area contributed by atoms with Crippen LogP contribution in [0, 0.1) is 6.92 Å². The molecule has 2 aromatic rings. The molecule has 1 aliphatic carbocycles. The van der Waals surface area contributed by atoms with Crippen molar-refractivity contribution in [1.82, 2.24) is 20.0 Å². The van der Waals surface area contributed by atoms with Crippen LogP contribution in [0.4, 0.5) is 19.3 Å². The summed E-state index contributed by atoms with van der Waals surface area (Å²) >= 11 is 12.2. The Bertz CT molecular complexity index is 1790. The second kappa shape index (κ2) is 16.7. The minimum atomic E-state index is -3.21. The molecule has 5 rings (SSSR count). The largest absolute Gasteiger partial charge is 0.476 e. The van der Waals surface area contributed by atoms with Gasteiger partial charge in [0.15, 0.2) is 5.60 Å². The fourth-order valence-corrected chi connectivity index (χ4v) is 7.70. The van der Waals surface area contributed by atoms with E-state index in [4.69, 9.17) is 27.9 Å². The van der Waals surface area contributed by atoms with Crippen molar-refractivity contribution in [3.63, 3.8) is 0 Å². The van der Waals surface area contributed by atoms with Gasteiger partial charge in [0.2, 0.25) is 5.91 Å². The first-order chi connectivity index (χ1) is 25.4. The van der Waals surface area contributed by atoms with E-state index in [1.165, 1.54) is 15.9 Å². The molecule has 54 heavy (non-hydrogen) atoms. The number of carboxylic acid groups (broad SMARTS) is 1. The highest BCUT2D eigenvalue weighted by molar-refractivity contribution is 6.42. The van der Waals surface area contributed by atoms with Crippen molar-refractivity contribution in [2.75, 3.05) is 31.1 Å². The quantitative estimate of drug-likeness (QED) is 0.247. The van der Waals surface area contributed by atoms with E-state index in [1.54, 1.807) is 49.9 Å². The van der Waals surface area contributed by atoms with Crippen LogP contribution in [0.2, 0.25) is 10.0 Å². The Hall–Kier alpha value is -4.17. The van der Waals surface area contributed by atoms with E-state index in [0.717, 1.165) is 18.4 Å². The number of carbonyl (C=O) groups is 5. The number of ether oxygens (including phenoxy) is 1.